The predicted octanol–water partition coefficient (Wildman–Crippen LogP) is 5.62. The van der Waals surface area contributed by atoms with Crippen LogP contribution in [0.15, 0.2) is 36.5 Å². The first-order valence-corrected chi connectivity index (χ1v) is 12.4. The van der Waals surface area contributed by atoms with Crippen molar-refractivity contribution >= 4 is 40.0 Å². The van der Waals surface area contributed by atoms with Crippen LogP contribution in [-0.2, 0) is 10.2 Å². The molecule has 0 saturated carbocycles. The smallest absolute Gasteiger partial charge is 0.411 e. The molecule has 0 bridgehead atoms. The summed E-state index contributed by atoms with van der Waals surface area (Å²) in [6.07, 6.45) is 1.72. The van der Waals surface area contributed by atoms with Crippen LogP contribution in [-0.4, -0.2) is 45.6 Å². The van der Waals surface area contributed by atoms with Gasteiger partial charge >= 0.3 is 6.09 Å². The Labute approximate surface area is 214 Å². The third-order valence-corrected chi connectivity index (χ3v) is 7.40. The molecule has 2 amide bonds. The number of hydrogen-bond donors (Lipinski definition) is 2. The van der Waals surface area contributed by atoms with Crippen molar-refractivity contribution in [1.82, 2.24) is 14.9 Å². The Morgan fingerprint density at radius 3 is 2.73 bits per heavy atom. The molecule has 9 heteroatoms. The lowest BCUT2D eigenvalue weighted by Crippen LogP contribution is -2.33. The van der Waals surface area contributed by atoms with Crippen LogP contribution in [0.1, 0.15) is 62.2 Å². The molecule has 0 fully saturated rings. The first kappa shape index (κ1) is 24.7. The molecule has 3 aromatic rings. The average molecular weight is 504 g/mol. The van der Waals surface area contributed by atoms with Gasteiger partial charge < -0.3 is 15.3 Å². The summed E-state index contributed by atoms with van der Waals surface area (Å²) < 4.78 is 15.8. The summed E-state index contributed by atoms with van der Waals surface area (Å²) in [5.41, 5.74) is 3.31. The van der Waals surface area contributed by atoms with Crippen molar-refractivity contribution in [2.75, 3.05) is 23.8 Å². The van der Waals surface area contributed by atoms with Crippen LogP contribution in [0.4, 0.5) is 20.7 Å². The number of carbonyl (C=O) groups is 2. The van der Waals surface area contributed by atoms with Gasteiger partial charge in [-0.05, 0) is 63.8 Å². The van der Waals surface area contributed by atoms with Crippen molar-refractivity contribution < 1.29 is 19.1 Å². The van der Waals surface area contributed by atoms with Gasteiger partial charge in [-0.2, -0.15) is 0 Å². The summed E-state index contributed by atoms with van der Waals surface area (Å²) in [6.45, 7) is 7.88. The van der Waals surface area contributed by atoms with Crippen LogP contribution in [0, 0.1) is 12.7 Å². The highest BCUT2D eigenvalue weighted by atomic mass is 19.1. The number of aromatic nitrogens is 2. The average Bonchev–Trinajstić information content (AvgIpc) is 3.02. The number of hydrogen-bond acceptors (Lipinski definition) is 5. The number of nitrogens with zero attached hydrogens (tertiary/aromatic N) is 4. The van der Waals surface area contributed by atoms with Crippen LogP contribution in [0.25, 0.3) is 16.5 Å². The van der Waals surface area contributed by atoms with Gasteiger partial charge in [-0.15, -0.1) is 0 Å². The molecule has 3 heterocycles. The molecular formula is C28H30FN5O3. The van der Waals surface area contributed by atoms with Gasteiger partial charge in [0.2, 0.25) is 5.91 Å². The SMILES string of the molecule is Cc1nc(NC(C)c2cccc(C3=CN(C(=O)O)CCC3)c2F)c2cc3c(cc2n1)C(C)(C)C(=O)N3C. The molecule has 2 aliphatic heterocycles. The fraction of sp³-hybridized carbons (Fsp3) is 0.357. The highest BCUT2D eigenvalue weighted by molar-refractivity contribution is 6.10. The van der Waals surface area contributed by atoms with Gasteiger partial charge in [0.05, 0.1) is 17.0 Å². The second-order valence-electron chi connectivity index (χ2n) is 10.3. The molecule has 0 saturated heterocycles. The fourth-order valence-electron chi connectivity index (χ4n) is 5.34. The Morgan fingerprint density at radius 1 is 1.24 bits per heavy atom. The Balaban J connectivity index is 1.53. The molecule has 192 valence electrons. The molecule has 0 aliphatic carbocycles. The van der Waals surface area contributed by atoms with Crippen LogP contribution in [0.5, 0.6) is 0 Å². The fourth-order valence-corrected chi connectivity index (χ4v) is 5.34. The number of benzene rings is 2. The van der Waals surface area contributed by atoms with Gasteiger partial charge in [-0.25, -0.2) is 19.2 Å². The molecule has 2 aromatic carbocycles. The third kappa shape index (κ3) is 4.08. The van der Waals surface area contributed by atoms with E-state index in [4.69, 9.17) is 0 Å². The highest BCUT2D eigenvalue weighted by Gasteiger charge is 2.42. The van der Waals surface area contributed by atoms with Crippen LogP contribution in [0.2, 0.25) is 0 Å². The predicted molar refractivity (Wildman–Crippen MR) is 141 cm³/mol. The van der Waals surface area contributed by atoms with Gasteiger partial charge in [-0.1, -0.05) is 18.2 Å². The number of fused-ring (bicyclic) bond motifs is 2. The first-order valence-electron chi connectivity index (χ1n) is 12.4. The number of carbonyl (C=O) groups excluding carboxylic acids is 1. The molecule has 1 aromatic heterocycles. The standard InChI is InChI=1S/C28H30FN5O3/c1-15(18-9-6-10-19(24(18)29)17-8-7-11-34(14-17)27(36)37)30-25-20-12-23-21(13-22(20)31-16(2)32-25)28(3,4)26(35)33(23)5/h6,9-10,12-15H,7-8,11H2,1-5H3,(H,36,37)(H,30,31,32). The van der Waals surface area contributed by atoms with E-state index in [0.717, 1.165) is 16.6 Å². The van der Waals surface area contributed by atoms with E-state index in [-0.39, 0.29) is 11.7 Å². The zero-order valence-corrected chi connectivity index (χ0v) is 21.6. The lowest BCUT2D eigenvalue weighted by Gasteiger charge is -2.24. The topological polar surface area (TPSA) is 98.7 Å². The van der Waals surface area contributed by atoms with Crippen molar-refractivity contribution in [3.63, 3.8) is 0 Å². The lowest BCUT2D eigenvalue weighted by atomic mass is 9.85. The Kier molecular flexibility index (Phi) is 5.89. The molecule has 0 spiro atoms. The second-order valence-corrected chi connectivity index (χ2v) is 10.3. The number of aryl methyl sites for hydroxylation is 1. The Hall–Kier alpha value is -4.01. The maximum atomic E-state index is 15.8. The van der Waals surface area contributed by atoms with Crippen molar-refractivity contribution in [3.05, 3.63) is 64.9 Å². The van der Waals surface area contributed by atoms with E-state index in [9.17, 15) is 14.7 Å². The number of allylic oxidation sites excluding steroid dienone is 1. The van der Waals surface area contributed by atoms with Crippen LogP contribution < -0.4 is 10.2 Å². The Morgan fingerprint density at radius 2 is 2.00 bits per heavy atom. The van der Waals surface area contributed by atoms with E-state index in [1.807, 2.05) is 32.9 Å². The van der Waals surface area contributed by atoms with Crippen molar-refractivity contribution in [2.45, 2.75) is 52.0 Å². The molecule has 8 nitrogen and oxygen atoms in total. The molecule has 5 rings (SSSR count). The van der Waals surface area contributed by atoms with E-state index in [0.29, 0.717) is 53.2 Å². The molecule has 1 atom stereocenters. The summed E-state index contributed by atoms with van der Waals surface area (Å²) in [4.78, 5) is 36.3. The molecule has 2 N–H and O–H groups in total. The van der Waals surface area contributed by atoms with E-state index in [1.54, 1.807) is 37.1 Å². The lowest BCUT2D eigenvalue weighted by molar-refractivity contribution is -0.121. The second kappa shape index (κ2) is 8.83. The zero-order chi connectivity index (χ0) is 26.6. The first-order chi connectivity index (χ1) is 17.5. The summed E-state index contributed by atoms with van der Waals surface area (Å²) in [5, 5.41) is 13.5. The van der Waals surface area contributed by atoms with E-state index < -0.39 is 17.6 Å². The summed E-state index contributed by atoms with van der Waals surface area (Å²) in [7, 11) is 1.76. The maximum Gasteiger partial charge on any atom is 0.411 e. The number of carboxylic acid groups (broad SMARTS) is 1. The van der Waals surface area contributed by atoms with Crippen molar-refractivity contribution in [1.29, 1.82) is 0 Å². The van der Waals surface area contributed by atoms with Crippen molar-refractivity contribution in [3.8, 4) is 0 Å². The Bertz CT molecular complexity index is 1480. The number of likely N-dealkylation sites (N-methyl/N-ethyl adjacent to an activating group) is 1. The molecule has 1 unspecified atom stereocenters. The van der Waals surface area contributed by atoms with Crippen LogP contribution in [0.3, 0.4) is 0 Å². The van der Waals surface area contributed by atoms with Gasteiger partial charge in [0.25, 0.3) is 0 Å². The quantitative estimate of drug-likeness (QED) is 0.480. The molecule has 37 heavy (non-hydrogen) atoms. The monoisotopic (exact) mass is 503 g/mol. The molecule has 0 radical (unpaired) electrons. The number of halogens is 1. The van der Waals surface area contributed by atoms with Gasteiger partial charge in [0.1, 0.15) is 17.5 Å². The van der Waals surface area contributed by atoms with E-state index in [2.05, 4.69) is 15.3 Å². The minimum Gasteiger partial charge on any atom is -0.465 e. The third-order valence-electron chi connectivity index (χ3n) is 7.40. The largest absolute Gasteiger partial charge is 0.465 e. The van der Waals surface area contributed by atoms with Crippen molar-refractivity contribution in [2.24, 2.45) is 0 Å². The minimum atomic E-state index is -1.04. The summed E-state index contributed by atoms with van der Waals surface area (Å²) in [5.74, 6) is 0.752. The highest BCUT2D eigenvalue weighted by Crippen LogP contribution is 2.43. The minimum absolute atomic E-state index is 0.0164. The molecular weight excluding hydrogens is 473 g/mol. The zero-order valence-electron chi connectivity index (χ0n) is 21.6. The number of anilines is 2. The summed E-state index contributed by atoms with van der Waals surface area (Å²) >= 11 is 0. The van der Waals surface area contributed by atoms with Crippen LogP contribution >= 0.6 is 0 Å². The maximum absolute atomic E-state index is 15.8. The number of nitrogens with one attached hydrogen (secondary N) is 1. The number of rotatable bonds is 4. The van der Waals surface area contributed by atoms with Gasteiger partial charge in [0.15, 0.2) is 0 Å². The van der Waals surface area contributed by atoms with Gasteiger partial charge in [-0.3, -0.25) is 9.69 Å². The molecule has 2 aliphatic rings. The summed E-state index contributed by atoms with van der Waals surface area (Å²) in [6, 6.07) is 8.61. The number of amides is 2. The van der Waals surface area contributed by atoms with E-state index >= 15 is 4.39 Å². The van der Waals surface area contributed by atoms with Gasteiger partial charge in [0, 0.05) is 42.0 Å². The normalized spacial score (nSPS) is 17.6. The van der Waals surface area contributed by atoms with E-state index in [1.165, 1.54) is 11.1 Å².